The fourth-order valence-electron chi connectivity index (χ4n) is 4.68. The lowest BCUT2D eigenvalue weighted by Crippen LogP contribution is -2.18. The van der Waals surface area contributed by atoms with E-state index in [0.29, 0.717) is 16.1 Å². The lowest BCUT2D eigenvalue weighted by molar-refractivity contribution is 0.100. The minimum atomic E-state index is -0.481. The van der Waals surface area contributed by atoms with Gasteiger partial charge in [0.1, 0.15) is 5.00 Å². The molecule has 0 atom stereocenters. The first-order valence-electron chi connectivity index (χ1n) is 11.8. The quantitative estimate of drug-likeness (QED) is 0.344. The highest BCUT2D eigenvalue weighted by atomic mass is 32.1. The Morgan fingerprint density at radius 3 is 2.56 bits per heavy atom. The summed E-state index contributed by atoms with van der Waals surface area (Å²) in [4.78, 5) is 31.9. The van der Waals surface area contributed by atoms with Crippen LogP contribution >= 0.6 is 11.3 Å². The second-order valence-corrected chi connectivity index (χ2v) is 9.81. The molecule has 1 aliphatic carbocycles. The van der Waals surface area contributed by atoms with E-state index in [9.17, 15) is 9.59 Å². The summed E-state index contributed by atoms with van der Waals surface area (Å²) in [6, 6.07) is 17.7. The maximum Gasteiger partial charge on any atom is 0.257 e. The number of aryl methyl sites for hydroxylation is 2. The van der Waals surface area contributed by atoms with E-state index < -0.39 is 5.91 Å². The zero-order chi connectivity index (χ0) is 23.7. The molecule has 0 radical (unpaired) electrons. The number of nitrogens with zero attached hydrogens (tertiary/aromatic N) is 1. The van der Waals surface area contributed by atoms with Gasteiger partial charge in [-0.3, -0.25) is 9.59 Å². The SMILES string of the molecule is CCc1ccc(-c2cc(C(=O)Nc3sc4c(c3C(N)=O)CCCCC4)c3ccccc3n2)cc1. The van der Waals surface area contributed by atoms with Crippen molar-refractivity contribution in [1.29, 1.82) is 0 Å². The van der Waals surface area contributed by atoms with Gasteiger partial charge in [0.25, 0.3) is 11.8 Å². The van der Waals surface area contributed by atoms with E-state index in [2.05, 4.69) is 24.4 Å². The lowest BCUT2D eigenvalue weighted by atomic mass is 10.0. The van der Waals surface area contributed by atoms with Crippen LogP contribution in [0, 0.1) is 0 Å². The lowest BCUT2D eigenvalue weighted by Gasteiger charge is -2.11. The number of hydrogen-bond acceptors (Lipinski definition) is 4. The Balaban J connectivity index is 1.56. The zero-order valence-electron chi connectivity index (χ0n) is 19.2. The van der Waals surface area contributed by atoms with Crippen LogP contribution in [0.5, 0.6) is 0 Å². The van der Waals surface area contributed by atoms with E-state index >= 15 is 0 Å². The minimum Gasteiger partial charge on any atom is -0.365 e. The summed E-state index contributed by atoms with van der Waals surface area (Å²) in [6.45, 7) is 2.12. The molecule has 4 aromatic rings. The van der Waals surface area contributed by atoms with E-state index in [1.54, 1.807) is 0 Å². The van der Waals surface area contributed by atoms with Gasteiger partial charge in [0.15, 0.2) is 0 Å². The van der Waals surface area contributed by atoms with Gasteiger partial charge in [-0.1, -0.05) is 55.8 Å². The van der Waals surface area contributed by atoms with Crippen LogP contribution < -0.4 is 11.1 Å². The van der Waals surface area contributed by atoms with Crippen LogP contribution in [0.2, 0.25) is 0 Å². The summed E-state index contributed by atoms with van der Waals surface area (Å²) in [6.07, 6.45) is 5.99. The largest absolute Gasteiger partial charge is 0.365 e. The van der Waals surface area contributed by atoms with Gasteiger partial charge in [-0.15, -0.1) is 11.3 Å². The Morgan fingerprint density at radius 1 is 1.03 bits per heavy atom. The molecule has 0 saturated carbocycles. The van der Waals surface area contributed by atoms with Gasteiger partial charge in [-0.2, -0.15) is 0 Å². The molecule has 0 saturated heterocycles. The number of para-hydroxylation sites is 1. The summed E-state index contributed by atoms with van der Waals surface area (Å²) in [5, 5.41) is 4.35. The number of pyridine rings is 1. The molecule has 0 bridgehead atoms. The molecule has 2 aromatic heterocycles. The molecule has 2 aromatic carbocycles. The number of fused-ring (bicyclic) bond motifs is 2. The molecule has 0 unspecified atom stereocenters. The van der Waals surface area contributed by atoms with Crippen molar-refractivity contribution in [2.45, 2.75) is 45.4 Å². The number of hydrogen-bond donors (Lipinski definition) is 2. The van der Waals surface area contributed by atoms with Gasteiger partial charge >= 0.3 is 0 Å². The molecule has 5 nitrogen and oxygen atoms in total. The van der Waals surface area contributed by atoms with Crippen LogP contribution in [0.15, 0.2) is 54.6 Å². The van der Waals surface area contributed by atoms with Crippen molar-refractivity contribution in [2.75, 3.05) is 5.32 Å². The van der Waals surface area contributed by atoms with Crippen LogP contribution in [-0.4, -0.2) is 16.8 Å². The normalized spacial score (nSPS) is 13.3. The molecular formula is C28H27N3O2S. The Morgan fingerprint density at radius 2 is 1.79 bits per heavy atom. The number of nitrogens with two attached hydrogens (primary N) is 1. The molecular weight excluding hydrogens is 442 g/mol. The van der Waals surface area contributed by atoms with Crippen LogP contribution in [0.1, 0.15) is 62.9 Å². The third-order valence-corrected chi connectivity index (χ3v) is 7.72. The van der Waals surface area contributed by atoms with E-state index in [1.807, 2.05) is 42.5 Å². The fraction of sp³-hybridized carbons (Fsp3) is 0.250. The van der Waals surface area contributed by atoms with Gasteiger partial charge in [0.2, 0.25) is 0 Å². The number of carbonyl (C=O) groups is 2. The van der Waals surface area contributed by atoms with Crippen molar-refractivity contribution < 1.29 is 9.59 Å². The molecule has 6 heteroatoms. The smallest absolute Gasteiger partial charge is 0.257 e. The average Bonchev–Trinajstić information content (AvgIpc) is 3.03. The number of carbonyl (C=O) groups excluding carboxylic acids is 2. The zero-order valence-corrected chi connectivity index (χ0v) is 20.0. The first-order chi connectivity index (χ1) is 16.5. The van der Waals surface area contributed by atoms with E-state index in [0.717, 1.165) is 71.1 Å². The minimum absolute atomic E-state index is 0.260. The Kier molecular flexibility index (Phi) is 6.16. The summed E-state index contributed by atoms with van der Waals surface area (Å²) in [7, 11) is 0. The number of nitrogens with one attached hydrogen (secondary N) is 1. The molecule has 5 rings (SSSR count). The summed E-state index contributed by atoms with van der Waals surface area (Å²) >= 11 is 1.49. The van der Waals surface area contributed by atoms with Crippen molar-refractivity contribution in [3.8, 4) is 11.3 Å². The van der Waals surface area contributed by atoms with Crippen molar-refractivity contribution >= 4 is 39.1 Å². The molecule has 172 valence electrons. The van der Waals surface area contributed by atoms with Crippen molar-refractivity contribution in [3.63, 3.8) is 0 Å². The van der Waals surface area contributed by atoms with Gasteiger partial charge in [0, 0.05) is 15.8 Å². The molecule has 0 fully saturated rings. The van der Waals surface area contributed by atoms with Crippen LogP contribution in [0.3, 0.4) is 0 Å². The van der Waals surface area contributed by atoms with Crippen LogP contribution in [0.25, 0.3) is 22.2 Å². The van der Waals surface area contributed by atoms with Crippen LogP contribution in [0.4, 0.5) is 5.00 Å². The number of primary amides is 1. The molecule has 3 N–H and O–H groups in total. The summed E-state index contributed by atoms with van der Waals surface area (Å²) < 4.78 is 0. The predicted molar refractivity (Wildman–Crippen MR) is 139 cm³/mol. The fourth-order valence-corrected chi connectivity index (χ4v) is 5.97. The number of aromatic nitrogens is 1. The summed E-state index contributed by atoms with van der Waals surface area (Å²) in [5.41, 5.74) is 11.5. The molecule has 0 aliphatic heterocycles. The molecule has 0 spiro atoms. The van der Waals surface area contributed by atoms with Crippen molar-refractivity contribution in [2.24, 2.45) is 5.73 Å². The average molecular weight is 470 g/mol. The number of rotatable bonds is 5. The molecule has 2 amide bonds. The Labute approximate surface area is 203 Å². The topological polar surface area (TPSA) is 85.1 Å². The maximum absolute atomic E-state index is 13.6. The standard InChI is InChI=1S/C28H27N3O2S/c1-2-17-12-14-18(15-13-17)23-16-21(19-8-6-7-10-22(19)30-23)27(33)31-28-25(26(29)32)20-9-4-3-5-11-24(20)34-28/h6-8,10,12-16H,2-5,9,11H2,1H3,(H2,29,32)(H,31,33). The first-order valence-corrected chi connectivity index (χ1v) is 12.6. The number of anilines is 1. The number of amides is 2. The van der Waals surface area contributed by atoms with Crippen molar-refractivity contribution in [1.82, 2.24) is 4.98 Å². The van der Waals surface area contributed by atoms with Gasteiger partial charge in [-0.25, -0.2) is 4.98 Å². The highest BCUT2D eigenvalue weighted by Gasteiger charge is 2.25. The van der Waals surface area contributed by atoms with E-state index in [-0.39, 0.29) is 5.91 Å². The maximum atomic E-state index is 13.6. The number of thiophene rings is 1. The monoisotopic (exact) mass is 469 g/mol. The van der Waals surface area contributed by atoms with Crippen LogP contribution in [-0.2, 0) is 19.3 Å². The third-order valence-electron chi connectivity index (χ3n) is 6.51. The Hall–Kier alpha value is -3.51. The highest BCUT2D eigenvalue weighted by Crippen LogP contribution is 2.38. The number of benzene rings is 2. The summed E-state index contributed by atoms with van der Waals surface area (Å²) in [5.74, 6) is -0.741. The molecule has 34 heavy (non-hydrogen) atoms. The first kappa shape index (κ1) is 22.3. The second-order valence-electron chi connectivity index (χ2n) is 8.71. The van der Waals surface area contributed by atoms with Crippen molar-refractivity contribution in [3.05, 3.63) is 81.7 Å². The van der Waals surface area contributed by atoms with Gasteiger partial charge in [-0.05, 0) is 55.4 Å². The molecule has 2 heterocycles. The molecule has 1 aliphatic rings. The predicted octanol–water partition coefficient (Wildman–Crippen LogP) is 6.15. The van der Waals surface area contributed by atoms with E-state index in [4.69, 9.17) is 10.7 Å². The highest BCUT2D eigenvalue weighted by molar-refractivity contribution is 7.17. The third kappa shape index (κ3) is 4.21. The second kappa shape index (κ2) is 9.39. The van der Waals surface area contributed by atoms with Gasteiger partial charge < -0.3 is 11.1 Å². The van der Waals surface area contributed by atoms with Gasteiger partial charge in [0.05, 0.1) is 22.3 Å². The van der Waals surface area contributed by atoms with E-state index in [1.165, 1.54) is 16.9 Å². The Bertz CT molecular complexity index is 1390.